The molecule has 4 rings (SSSR count). The van der Waals surface area contributed by atoms with E-state index in [4.69, 9.17) is 0 Å². The van der Waals surface area contributed by atoms with Gasteiger partial charge in [-0.05, 0) is 37.6 Å². The van der Waals surface area contributed by atoms with Crippen molar-refractivity contribution < 1.29 is 9.59 Å². The van der Waals surface area contributed by atoms with Crippen molar-refractivity contribution in [2.24, 2.45) is 0 Å². The molecule has 3 heterocycles. The van der Waals surface area contributed by atoms with Gasteiger partial charge in [-0.1, -0.05) is 24.3 Å². The van der Waals surface area contributed by atoms with Crippen LogP contribution in [-0.4, -0.2) is 32.5 Å². The summed E-state index contributed by atoms with van der Waals surface area (Å²) in [5, 5.41) is 2.85. The summed E-state index contributed by atoms with van der Waals surface area (Å²) in [6.07, 6.45) is 1.70. The first kappa shape index (κ1) is 16.1. The van der Waals surface area contributed by atoms with E-state index in [1.807, 2.05) is 56.3 Å². The van der Waals surface area contributed by atoms with Gasteiger partial charge in [0.1, 0.15) is 11.4 Å². The molecule has 128 valence electrons. The lowest BCUT2D eigenvalue weighted by Crippen LogP contribution is -2.52. The average molecular weight is 353 g/mol. The Morgan fingerprint density at radius 1 is 1.24 bits per heavy atom. The first-order valence-corrected chi connectivity index (χ1v) is 9.14. The second-order valence-corrected chi connectivity index (χ2v) is 8.55. The fourth-order valence-corrected chi connectivity index (χ4v) is 5.17. The minimum Gasteiger partial charge on any atom is -0.349 e. The van der Waals surface area contributed by atoms with E-state index in [0.29, 0.717) is 12.1 Å². The zero-order valence-electron chi connectivity index (χ0n) is 14.1. The molecule has 1 aromatic heterocycles. The predicted molar refractivity (Wildman–Crippen MR) is 96.9 cm³/mol. The number of benzene rings is 1. The summed E-state index contributed by atoms with van der Waals surface area (Å²) in [6, 6.07) is 12.7. The Hall–Kier alpha value is -2.34. The monoisotopic (exact) mass is 353 g/mol. The van der Waals surface area contributed by atoms with E-state index in [1.54, 1.807) is 22.9 Å². The van der Waals surface area contributed by atoms with E-state index in [-0.39, 0.29) is 21.9 Å². The van der Waals surface area contributed by atoms with Gasteiger partial charge in [0.15, 0.2) is 0 Å². The largest absolute Gasteiger partial charge is 0.349 e. The van der Waals surface area contributed by atoms with Gasteiger partial charge in [-0.3, -0.25) is 14.6 Å². The molecule has 0 radical (unpaired) electrons. The van der Waals surface area contributed by atoms with Crippen LogP contribution in [0, 0.1) is 0 Å². The van der Waals surface area contributed by atoms with Crippen molar-refractivity contribution in [2.45, 2.75) is 36.6 Å². The number of carbonyl (C=O) groups is 2. The highest BCUT2D eigenvalue weighted by Gasteiger charge is 2.57. The minimum atomic E-state index is -0.508. The SMILES string of the molecule is CC1(C)S[C@@H]2c3ccccc3C(=O)N2[C@@H]1C(=O)NCc1ccccn1. The van der Waals surface area contributed by atoms with Crippen molar-refractivity contribution in [1.29, 1.82) is 0 Å². The van der Waals surface area contributed by atoms with Crippen molar-refractivity contribution in [3.05, 3.63) is 65.5 Å². The molecule has 0 aliphatic carbocycles. The third-order valence-corrected chi connectivity index (χ3v) is 6.25. The number of hydrogen-bond donors (Lipinski definition) is 1. The zero-order chi connectivity index (χ0) is 17.6. The molecule has 0 bridgehead atoms. The number of thioether (sulfide) groups is 1. The van der Waals surface area contributed by atoms with Crippen molar-refractivity contribution in [3.8, 4) is 0 Å². The molecule has 0 saturated carbocycles. The predicted octanol–water partition coefficient (Wildman–Crippen LogP) is 2.75. The van der Waals surface area contributed by atoms with Crippen molar-refractivity contribution in [1.82, 2.24) is 15.2 Å². The van der Waals surface area contributed by atoms with Crippen molar-refractivity contribution in [3.63, 3.8) is 0 Å². The van der Waals surface area contributed by atoms with E-state index >= 15 is 0 Å². The number of carbonyl (C=O) groups excluding carboxylic acids is 2. The number of pyridine rings is 1. The van der Waals surface area contributed by atoms with E-state index in [1.165, 1.54) is 0 Å². The summed E-state index contributed by atoms with van der Waals surface area (Å²) < 4.78 is -0.359. The summed E-state index contributed by atoms with van der Waals surface area (Å²) in [4.78, 5) is 31.8. The number of rotatable bonds is 3. The van der Waals surface area contributed by atoms with Gasteiger partial charge < -0.3 is 10.2 Å². The molecule has 2 aliphatic rings. The van der Waals surface area contributed by atoms with Gasteiger partial charge in [-0.25, -0.2) is 0 Å². The maximum atomic E-state index is 12.9. The molecule has 1 aromatic carbocycles. The van der Waals surface area contributed by atoms with Gasteiger partial charge in [-0.2, -0.15) is 0 Å². The van der Waals surface area contributed by atoms with Crippen LogP contribution in [0.15, 0.2) is 48.7 Å². The molecular weight excluding hydrogens is 334 g/mol. The summed E-state index contributed by atoms with van der Waals surface area (Å²) in [6.45, 7) is 4.41. The first-order valence-electron chi connectivity index (χ1n) is 8.26. The van der Waals surface area contributed by atoms with E-state index < -0.39 is 6.04 Å². The summed E-state index contributed by atoms with van der Waals surface area (Å²) in [5.41, 5.74) is 2.51. The minimum absolute atomic E-state index is 0.0586. The average Bonchev–Trinajstić information content (AvgIpc) is 3.04. The number of fused-ring (bicyclic) bond motifs is 3. The number of amides is 2. The molecule has 25 heavy (non-hydrogen) atoms. The lowest BCUT2D eigenvalue weighted by atomic mass is 10.0. The van der Waals surface area contributed by atoms with Gasteiger partial charge in [0.2, 0.25) is 5.91 Å². The Balaban J connectivity index is 1.59. The first-order chi connectivity index (χ1) is 12.0. The quantitative estimate of drug-likeness (QED) is 0.922. The van der Waals surface area contributed by atoms with Crippen LogP contribution < -0.4 is 5.32 Å². The Bertz CT molecular complexity index is 838. The molecule has 1 N–H and O–H groups in total. The molecule has 5 nitrogen and oxygen atoms in total. The highest BCUT2D eigenvalue weighted by Crippen LogP contribution is 2.56. The highest BCUT2D eigenvalue weighted by atomic mass is 32.2. The molecule has 0 unspecified atom stereocenters. The molecule has 1 saturated heterocycles. The molecule has 6 heteroatoms. The molecule has 2 atom stereocenters. The van der Waals surface area contributed by atoms with Crippen LogP contribution in [-0.2, 0) is 11.3 Å². The number of aromatic nitrogens is 1. The van der Waals surface area contributed by atoms with Gasteiger partial charge in [0.05, 0.1) is 12.2 Å². The summed E-state index contributed by atoms with van der Waals surface area (Å²) in [5.74, 6) is -0.191. The number of nitrogens with zero attached hydrogens (tertiary/aromatic N) is 2. The summed E-state index contributed by atoms with van der Waals surface area (Å²) >= 11 is 1.67. The standard InChI is InChI=1S/C19H19N3O2S/c1-19(2)15(16(23)21-11-12-7-5-6-10-20-12)22-17(24)13-8-3-4-9-14(13)18(22)25-19/h3-10,15,18H,11H2,1-2H3,(H,21,23)/t15-,18-/m1/s1. The topological polar surface area (TPSA) is 62.3 Å². The molecule has 2 aliphatic heterocycles. The third-order valence-electron chi connectivity index (χ3n) is 4.71. The molecular formula is C19H19N3O2S. The van der Waals surface area contributed by atoms with Crippen LogP contribution in [0.1, 0.15) is 40.8 Å². The van der Waals surface area contributed by atoms with Gasteiger partial charge in [0.25, 0.3) is 5.91 Å². The lowest BCUT2D eigenvalue weighted by molar-refractivity contribution is -0.126. The molecule has 0 spiro atoms. The Kier molecular flexibility index (Phi) is 3.80. The normalized spacial score (nSPS) is 23.3. The zero-order valence-corrected chi connectivity index (χ0v) is 14.9. The van der Waals surface area contributed by atoms with Crippen LogP contribution in [0.3, 0.4) is 0 Å². The van der Waals surface area contributed by atoms with Crippen LogP contribution in [0.2, 0.25) is 0 Å². The van der Waals surface area contributed by atoms with Crippen LogP contribution in [0.25, 0.3) is 0 Å². The second-order valence-electron chi connectivity index (χ2n) is 6.81. The van der Waals surface area contributed by atoms with E-state index in [9.17, 15) is 9.59 Å². The number of nitrogens with one attached hydrogen (secondary N) is 1. The Labute approximate surface area is 150 Å². The maximum absolute atomic E-state index is 12.9. The maximum Gasteiger partial charge on any atom is 0.256 e. The molecule has 1 fully saturated rings. The molecule has 2 amide bonds. The summed E-state index contributed by atoms with van der Waals surface area (Å²) in [7, 11) is 0. The Morgan fingerprint density at radius 2 is 2.00 bits per heavy atom. The highest BCUT2D eigenvalue weighted by molar-refractivity contribution is 8.01. The fraction of sp³-hybridized carbons (Fsp3) is 0.316. The number of hydrogen-bond acceptors (Lipinski definition) is 4. The lowest BCUT2D eigenvalue weighted by Gasteiger charge is -2.29. The smallest absolute Gasteiger partial charge is 0.256 e. The van der Waals surface area contributed by atoms with Gasteiger partial charge >= 0.3 is 0 Å². The van der Waals surface area contributed by atoms with Gasteiger partial charge in [-0.15, -0.1) is 11.8 Å². The second kappa shape index (κ2) is 5.88. The van der Waals surface area contributed by atoms with Crippen LogP contribution in [0.5, 0.6) is 0 Å². The fourth-order valence-electron chi connectivity index (χ4n) is 3.58. The van der Waals surface area contributed by atoms with E-state index in [0.717, 1.165) is 11.3 Å². The van der Waals surface area contributed by atoms with Gasteiger partial charge in [0, 0.05) is 16.5 Å². The van der Waals surface area contributed by atoms with Crippen molar-refractivity contribution in [2.75, 3.05) is 0 Å². The third kappa shape index (κ3) is 2.61. The Morgan fingerprint density at radius 3 is 2.76 bits per heavy atom. The van der Waals surface area contributed by atoms with Crippen molar-refractivity contribution >= 4 is 23.6 Å². The van der Waals surface area contributed by atoms with Crippen LogP contribution in [0.4, 0.5) is 0 Å². The van der Waals surface area contributed by atoms with Crippen LogP contribution >= 0.6 is 11.8 Å². The van der Waals surface area contributed by atoms with E-state index in [2.05, 4.69) is 10.3 Å². The molecule has 2 aromatic rings.